The van der Waals surface area contributed by atoms with Crippen molar-refractivity contribution in [2.45, 2.75) is 51.4 Å². The lowest BCUT2D eigenvalue weighted by molar-refractivity contribution is -0.149. The lowest BCUT2D eigenvalue weighted by Crippen LogP contribution is -2.45. The summed E-state index contributed by atoms with van der Waals surface area (Å²) in [7, 11) is 3.03. The molecular weight excluding hydrogens is 442 g/mol. The van der Waals surface area contributed by atoms with Gasteiger partial charge in [-0.15, -0.1) is 0 Å². The molecule has 1 aliphatic rings. The van der Waals surface area contributed by atoms with Gasteiger partial charge >= 0.3 is 5.97 Å². The third kappa shape index (κ3) is 9.54. The Morgan fingerprint density at radius 3 is 2.52 bits per heavy atom. The molecule has 8 heteroatoms. The first kappa shape index (κ1) is 26.8. The lowest BCUT2D eigenvalue weighted by Gasteiger charge is -2.31. The van der Waals surface area contributed by atoms with Crippen molar-refractivity contribution in [2.75, 3.05) is 33.8 Å². The van der Waals surface area contributed by atoms with Gasteiger partial charge in [0.05, 0.1) is 19.6 Å². The van der Waals surface area contributed by atoms with E-state index >= 15 is 0 Å². The van der Waals surface area contributed by atoms with Crippen LogP contribution in [0, 0.1) is 11.8 Å². The third-order valence-electron chi connectivity index (χ3n) is 6.16. The van der Waals surface area contributed by atoms with Crippen molar-refractivity contribution < 1.29 is 19.1 Å². The van der Waals surface area contributed by atoms with E-state index in [0.29, 0.717) is 30.5 Å². The summed E-state index contributed by atoms with van der Waals surface area (Å²) < 4.78 is 4.85. The molecule has 2 amide bonds. The number of aromatic nitrogens is 1. The Balaban J connectivity index is 2.04. The Morgan fingerprint density at radius 1 is 1.18 bits per heavy atom. The number of esters is 1. The average molecular weight is 478 g/mol. The number of likely N-dealkylation sites (N-methyl/N-ethyl adjacent to an activating group) is 1. The molecule has 0 aliphatic heterocycles. The first-order valence-corrected chi connectivity index (χ1v) is 12.0. The van der Waals surface area contributed by atoms with E-state index in [0.717, 1.165) is 31.4 Å². The first-order valence-electron chi connectivity index (χ1n) is 11.6. The molecule has 0 N–H and O–H groups in total. The smallest absolute Gasteiger partial charge is 0.309 e. The third-order valence-corrected chi connectivity index (χ3v) is 6.32. The Labute approximate surface area is 202 Å². The molecule has 1 aliphatic carbocycles. The minimum absolute atomic E-state index is 0.0102. The standard InChI is InChI=1S/C25H36ClN3O4/c1-19(26)15-21(25(32)33-3)16-23(30)29(17-20-9-5-4-6-10-20)18-24(31)28(2)14-12-22-11-7-8-13-27-22/h7-8,11,13,20-21H,1,4-6,9-10,12,14-18H2,2-3H3/t21-/m1/s1. The van der Waals surface area contributed by atoms with Crippen LogP contribution in [-0.4, -0.2) is 66.4 Å². The molecule has 1 heterocycles. The summed E-state index contributed by atoms with van der Waals surface area (Å²) in [5.41, 5.74) is 0.912. The maximum Gasteiger partial charge on any atom is 0.309 e. The van der Waals surface area contributed by atoms with Gasteiger partial charge in [0.1, 0.15) is 0 Å². The molecule has 33 heavy (non-hydrogen) atoms. The van der Waals surface area contributed by atoms with E-state index in [-0.39, 0.29) is 31.2 Å². The van der Waals surface area contributed by atoms with Gasteiger partial charge in [0.2, 0.25) is 11.8 Å². The fraction of sp³-hybridized carbons (Fsp3) is 0.600. The van der Waals surface area contributed by atoms with Crippen molar-refractivity contribution in [1.29, 1.82) is 0 Å². The maximum atomic E-state index is 13.2. The van der Waals surface area contributed by atoms with Gasteiger partial charge in [-0.1, -0.05) is 43.5 Å². The zero-order valence-corrected chi connectivity index (χ0v) is 20.6. The number of ether oxygens (including phenoxy) is 1. The number of carbonyl (C=O) groups excluding carboxylic acids is 3. The summed E-state index contributed by atoms with van der Waals surface area (Å²) in [5.74, 6) is -1.21. The largest absolute Gasteiger partial charge is 0.469 e. The highest BCUT2D eigenvalue weighted by molar-refractivity contribution is 6.29. The predicted molar refractivity (Wildman–Crippen MR) is 128 cm³/mol. The zero-order chi connectivity index (χ0) is 24.2. The maximum absolute atomic E-state index is 13.2. The second-order valence-corrected chi connectivity index (χ2v) is 9.34. The molecule has 1 aromatic rings. The molecule has 1 fully saturated rings. The van der Waals surface area contributed by atoms with Gasteiger partial charge < -0.3 is 14.5 Å². The van der Waals surface area contributed by atoms with E-state index in [1.54, 1.807) is 23.0 Å². The summed E-state index contributed by atoms with van der Waals surface area (Å²) in [6.45, 7) is 4.67. The topological polar surface area (TPSA) is 79.8 Å². The molecule has 182 valence electrons. The van der Waals surface area contributed by atoms with Crippen molar-refractivity contribution in [3.63, 3.8) is 0 Å². The van der Waals surface area contributed by atoms with Crippen LogP contribution in [0.5, 0.6) is 0 Å². The molecule has 0 unspecified atom stereocenters. The van der Waals surface area contributed by atoms with Gasteiger partial charge in [0.25, 0.3) is 0 Å². The quantitative estimate of drug-likeness (QED) is 0.427. The SMILES string of the molecule is C=C(Cl)C[C@H](CC(=O)N(CC(=O)N(C)CCc1ccccn1)CC1CCCCC1)C(=O)OC. The van der Waals surface area contributed by atoms with Crippen LogP contribution in [-0.2, 0) is 25.5 Å². The number of halogens is 1. The fourth-order valence-electron chi connectivity index (χ4n) is 4.19. The van der Waals surface area contributed by atoms with Crippen molar-refractivity contribution in [2.24, 2.45) is 11.8 Å². The number of pyridine rings is 1. The van der Waals surface area contributed by atoms with Crippen LogP contribution < -0.4 is 0 Å². The number of hydrogen-bond donors (Lipinski definition) is 0. The van der Waals surface area contributed by atoms with Gasteiger partial charge in [0, 0.05) is 49.9 Å². The molecule has 1 aromatic heterocycles. The summed E-state index contributed by atoms with van der Waals surface area (Å²) in [5, 5.41) is 0.294. The predicted octanol–water partition coefficient (Wildman–Crippen LogP) is 3.81. The summed E-state index contributed by atoms with van der Waals surface area (Å²) >= 11 is 5.91. The Bertz CT molecular complexity index is 796. The highest BCUT2D eigenvalue weighted by Gasteiger charge is 2.29. The van der Waals surface area contributed by atoms with E-state index in [4.69, 9.17) is 16.3 Å². The molecule has 1 atom stereocenters. The summed E-state index contributed by atoms with van der Waals surface area (Å²) in [6, 6.07) is 5.70. The highest BCUT2D eigenvalue weighted by atomic mass is 35.5. The van der Waals surface area contributed by atoms with Gasteiger partial charge in [-0.3, -0.25) is 19.4 Å². The average Bonchev–Trinajstić information content (AvgIpc) is 2.82. The van der Waals surface area contributed by atoms with E-state index in [1.807, 2.05) is 18.2 Å². The lowest BCUT2D eigenvalue weighted by atomic mass is 9.88. The van der Waals surface area contributed by atoms with E-state index < -0.39 is 11.9 Å². The second-order valence-electron chi connectivity index (χ2n) is 8.81. The number of nitrogens with zero attached hydrogens (tertiary/aromatic N) is 3. The van der Waals surface area contributed by atoms with Gasteiger partial charge in [-0.05, 0) is 37.3 Å². The molecule has 0 bridgehead atoms. The summed E-state index contributed by atoms with van der Waals surface area (Å²) in [4.78, 5) is 45.9. The fourth-order valence-corrected chi connectivity index (χ4v) is 4.37. The minimum Gasteiger partial charge on any atom is -0.469 e. The van der Waals surface area contributed by atoms with Crippen LogP contribution >= 0.6 is 11.6 Å². The van der Waals surface area contributed by atoms with Crippen molar-refractivity contribution >= 4 is 29.4 Å². The second kappa shape index (κ2) is 14.0. The number of rotatable bonds is 12. The van der Waals surface area contributed by atoms with Crippen LogP contribution in [0.4, 0.5) is 0 Å². The van der Waals surface area contributed by atoms with Crippen LogP contribution in [0.2, 0.25) is 0 Å². The molecule has 0 spiro atoms. The molecule has 0 saturated heterocycles. The van der Waals surface area contributed by atoms with E-state index in [2.05, 4.69) is 11.6 Å². The van der Waals surface area contributed by atoms with Crippen LogP contribution in [0.25, 0.3) is 0 Å². The minimum atomic E-state index is -0.710. The van der Waals surface area contributed by atoms with E-state index in [9.17, 15) is 14.4 Å². The number of amides is 2. The molecule has 0 radical (unpaired) electrons. The zero-order valence-electron chi connectivity index (χ0n) is 19.8. The Hall–Kier alpha value is -2.41. The van der Waals surface area contributed by atoms with Crippen molar-refractivity contribution in [3.05, 3.63) is 41.7 Å². The van der Waals surface area contributed by atoms with Gasteiger partial charge in [-0.25, -0.2) is 0 Å². The van der Waals surface area contributed by atoms with Gasteiger partial charge in [0.15, 0.2) is 0 Å². The van der Waals surface area contributed by atoms with Crippen LogP contribution in [0.15, 0.2) is 36.0 Å². The number of carbonyl (C=O) groups is 3. The molecule has 2 rings (SSSR count). The van der Waals surface area contributed by atoms with Gasteiger partial charge in [-0.2, -0.15) is 0 Å². The normalized spacial score (nSPS) is 14.9. The Morgan fingerprint density at radius 2 is 1.91 bits per heavy atom. The molecule has 1 saturated carbocycles. The molecule has 0 aromatic carbocycles. The molecule has 7 nitrogen and oxygen atoms in total. The number of methoxy groups -OCH3 is 1. The number of hydrogen-bond acceptors (Lipinski definition) is 5. The summed E-state index contributed by atoms with van der Waals surface area (Å²) in [6.07, 6.45) is 8.06. The molecular formula is C25H36ClN3O4. The van der Waals surface area contributed by atoms with Crippen molar-refractivity contribution in [1.82, 2.24) is 14.8 Å². The van der Waals surface area contributed by atoms with Crippen molar-refractivity contribution in [3.8, 4) is 0 Å². The van der Waals surface area contributed by atoms with Crippen LogP contribution in [0.1, 0.15) is 50.6 Å². The van der Waals surface area contributed by atoms with Crippen LogP contribution in [0.3, 0.4) is 0 Å². The first-order chi connectivity index (χ1) is 15.8. The monoisotopic (exact) mass is 477 g/mol. The Kier molecular flexibility index (Phi) is 11.4. The number of allylic oxidation sites excluding steroid dienone is 1. The highest BCUT2D eigenvalue weighted by Crippen LogP contribution is 2.26. The van der Waals surface area contributed by atoms with E-state index in [1.165, 1.54) is 13.5 Å².